The van der Waals surface area contributed by atoms with Crippen LogP contribution in [0.15, 0.2) is 54.6 Å². The van der Waals surface area contributed by atoms with E-state index in [2.05, 4.69) is 0 Å². The summed E-state index contributed by atoms with van der Waals surface area (Å²) in [6.45, 7) is 1.86. The van der Waals surface area contributed by atoms with E-state index in [-0.39, 0.29) is 11.7 Å². The largest absolute Gasteiger partial charge is 0.524 e. The maximum absolute atomic E-state index is 13.7. The first-order chi connectivity index (χ1) is 16.8. The van der Waals surface area contributed by atoms with Crippen LogP contribution in [0.4, 0.5) is 4.39 Å². The van der Waals surface area contributed by atoms with Gasteiger partial charge in [-0.05, 0) is 53.5 Å². The zero-order chi connectivity index (χ0) is 25.1. The molecular weight excluding hydrogens is 468 g/mol. The van der Waals surface area contributed by atoms with E-state index in [4.69, 9.17) is 16.1 Å². The van der Waals surface area contributed by atoms with Crippen LogP contribution < -0.4 is 4.74 Å². The van der Waals surface area contributed by atoms with Crippen LogP contribution in [0.3, 0.4) is 0 Å². The lowest BCUT2D eigenvalue weighted by molar-refractivity contribution is -0.136. The molecule has 8 heteroatoms. The third-order valence-corrected chi connectivity index (χ3v) is 6.90. The number of nitrogens with zero attached hydrogens (tertiary/aromatic N) is 1. The fourth-order valence-electron chi connectivity index (χ4n) is 4.01. The molecule has 1 heterocycles. The Balaban J connectivity index is 1.82. The summed E-state index contributed by atoms with van der Waals surface area (Å²) < 4.78 is 30.9. The minimum Gasteiger partial charge on any atom is -0.424 e. The number of hydrogen-bond donors (Lipinski definition) is 2. The number of hydrogen-bond acceptors (Lipinski definition) is 5. The van der Waals surface area contributed by atoms with Gasteiger partial charge in [0.05, 0.1) is 17.8 Å². The van der Waals surface area contributed by atoms with Gasteiger partial charge in [-0.2, -0.15) is 4.89 Å². The number of carbonyl (C=O) groups excluding carboxylic acids is 1. The molecular formula is C27H24FNO5P+. The second kappa shape index (κ2) is 10.5. The number of esters is 1. The van der Waals surface area contributed by atoms with E-state index in [0.29, 0.717) is 16.8 Å². The lowest BCUT2D eigenvalue weighted by Gasteiger charge is -2.20. The van der Waals surface area contributed by atoms with Gasteiger partial charge in [0.1, 0.15) is 11.9 Å². The second-order valence-corrected chi connectivity index (χ2v) is 9.64. The molecule has 0 bridgehead atoms. The molecule has 3 aromatic rings. The summed E-state index contributed by atoms with van der Waals surface area (Å²) in [4.78, 5) is 27.1. The van der Waals surface area contributed by atoms with Crippen molar-refractivity contribution in [3.8, 4) is 40.5 Å². The van der Waals surface area contributed by atoms with Gasteiger partial charge in [-0.3, -0.25) is 4.79 Å². The number of benzene rings is 2. The van der Waals surface area contributed by atoms with Crippen molar-refractivity contribution >= 4 is 14.0 Å². The molecule has 2 aromatic carbocycles. The molecule has 0 aliphatic heterocycles. The van der Waals surface area contributed by atoms with Crippen molar-refractivity contribution in [3.05, 3.63) is 71.7 Å². The number of rotatable bonds is 8. The predicted octanol–water partition coefficient (Wildman–Crippen LogP) is 5.13. The molecule has 0 spiro atoms. The summed E-state index contributed by atoms with van der Waals surface area (Å²) in [6.07, 6.45) is 4.88. The van der Waals surface area contributed by atoms with Gasteiger partial charge in [0.25, 0.3) is 5.66 Å². The Morgan fingerprint density at radius 3 is 2.43 bits per heavy atom. The van der Waals surface area contributed by atoms with Gasteiger partial charge < -0.3 is 9.84 Å². The first kappa shape index (κ1) is 24.7. The number of aromatic nitrogens is 1. The molecule has 3 unspecified atom stereocenters. The van der Waals surface area contributed by atoms with Crippen LogP contribution in [0.5, 0.6) is 5.75 Å². The lowest BCUT2D eigenvalue weighted by Crippen LogP contribution is -2.27. The molecule has 1 saturated carbocycles. The number of halogens is 1. The highest BCUT2D eigenvalue weighted by atomic mass is 31.1. The zero-order valence-corrected chi connectivity index (χ0v) is 19.9. The van der Waals surface area contributed by atoms with Crippen LogP contribution in [0.2, 0.25) is 0 Å². The smallest absolute Gasteiger partial charge is 0.424 e. The second-order valence-electron chi connectivity index (χ2n) is 8.48. The maximum Gasteiger partial charge on any atom is 0.524 e. The van der Waals surface area contributed by atoms with Crippen molar-refractivity contribution in [2.45, 2.75) is 43.9 Å². The Morgan fingerprint density at radius 2 is 1.86 bits per heavy atom. The van der Waals surface area contributed by atoms with Gasteiger partial charge >= 0.3 is 14.0 Å². The number of aliphatic hydroxyl groups is 1. The van der Waals surface area contributed by atoms with Crippen molar-refractivity contribution in [2.75, 3.05) is 0 Å². The third-order valence-electron chi connectivity index (χ3n) is 5.93. The molecule has 178 valence electrons. The number of terminal acetylenes is 1. The highest BCUT2D eigenvalue weighted by Gasteiger charge is 2.38. The number of ether oxygens (including phenoxy) is 1. The van der Waals surface area contributed by atoms with E-state index in [0.717, 1.165) is 29.7 Å². The SMILES string of the molecule is C#CC(C(O)CC(=O)Oc1c(C2CC2)nc(-c2ccccc2)c(C)c1-c1ccc(F)cc1)[P+](=O)O. The van der Waals surface area contributed by atoms with E-state index < -0.39 is 38.0 Å². The van der Waals surface area contributed by atoms with Gasteiger partial charge in [-0.1, -0.05) is 42.5 Å². The lowest BCUT2D eigenvalue weighted by atomic mass is 9.94. The van der Waals surface area contributed by atoms with Crippen LogP contribution in [0.25, 0.3) is 22.4 Å². The van der Waals surface area contributed by atoms with E-state index in [1.54, 1.807) is 12.1 Å². The maximum atomic E-state index is 13.7. The molecule has 2 N–H and O–H groups in total. The van der Waals surface area contributed by atoms with Gasteiger partial charge in [-0.15, -0.1) is 6.42 Å². The monoisotopic (exact) mass is 492 g/mol. The first-order valence-electron chi connectivity index (χ1n) is 11.2. The Labute approximate surface area is 203 Å². The molecule has 35 heavy (non-hydrogen) atoms. The molecule has 0 radical (unpaired) electrons. The Morgan fingerprint density at radius 1 is 1.20 bits per heavy atom. The standard InChI is InChI=1S/C27H23FNO5P/c1-3-22(35(32)33)21(30)15-23(31)34-27-24(17-11-13-20(28)14-12-17)16(2)25(18-7-5-4-6-8-18)29-26(27)19-9-10-19/h1,4-8,11-14,19,21-22,30H,9-10,15H2,2H3/p+1. The van der Waals surface area contributed by atoms with Gasteiger partial charge in [-0.25, -0.2) is 9.37 Å². The van der Waals surface area contributed by atoms with Crippen LogP contribution in [-0.2, 0) is 9.36 Å². The Kier molecular flexibility index (Phi) is 7.37. The highest BCUT2D eigenvalue weighted by Crippen LogP contribution is 2.49. The molecule has 3 atom stereocenters. The van der Waals surface area contributed by atoms with Crippen molar-refractivity contribution in [3.63, 3.8) is 0 Å². The summed E-state index contributed by atoms with van der Waals surface area (Å²) >= 11 is 0. The van der Waals surface area contributed by atoms with E-state index in [1.165, 1.54) is 12.1 Å². The van der Waals surface area contributed by atoms with Crippen molar-refractivity contribution in [2.24, 2.45) is 0 Å². The molecule has 4 rings (SSSR count). The summed E-state index contributed by atoms with van der Waals surface area (Å²) in [7, 11) is -2.87. The first-order valence-corrected chi connectivity index (χ1v) is 12.4. The number of carbonyl (C=O) groups is 1. The van der Waals surface area contributed by atoms with Gasteiger partial charge in [0.15, 0.2) is 5.75 Å². The fourth-order valence-corrected chi connectivity index (χ4v) is 4.54. The summed E-state index contributed by atoms with van der Waals surface area (Å²) in [5, 5.41) is 10.2. The van der Waals surface area contributed by atoms with E-state index >= 15 is 0 Å². The van der Waals surface area contributed by atoms with E-state index in [1.807, 2.05) is 43.2 Å². The zero-order valence-electron chi connectivity index (χ0n) is 19.0. The summed E-state index contributed by atoms with van der Waals surface area (Å²) in [6, 6.07) is 15.5. The van der Waals surface area contributed by atoms with Crippen molar-refractivity contribution in [1.82, 2.24) is 4.98 Å². The number of aliphatic hydroxyl groups excluding tert-OH is 1. The van der Waals surface area contributed by atoms with Crippen LogP contribution in [0, 0.1) is 25.1 Å². The molecule has 1 fully saturated rings. The van der Waals surface area contributed by atoms with E-state index in [9.17, 15) is 23.7 Å². The molecule has 1 aliphatic rings. The molecule has 1 aliphatic carbocycles. The van der Waals surface area contributed by atoms with Crippen LogP contribution in [0.1, 0.15) is 36.4 Å². The quantitative estimate of drug-likeness (QED) is 0.257. The van der Waals surface area contributed by atoms with Gasteiger partial charge in [0.2, 0.25) is 0 Å². The molecule has 6 nitrogen and oxygen atoms in total. The molecule has 0 saturated heterocycles. The summed E-state index contributed by atoms with van der Waals surface area (Å²) in [5.74, 6) is 1.18. The van der Waals surface area contributed by atoms with Crippen molar-refractivity contribution < 1.29 is 28.5 Å². The average Bonchev–Trinajstić information content (AvgIpc) is 3.66. The minimum atomic E-state index is -2.87. The highest BCUT2D eigenvalue weighted by molar-refractivity contribution is 7.39. The number of pyridine rings is 1. The predicted molar refractivity (Wildman–Crippen MR) is 130 cm³/mol. The topological polar surface area (TPSA) is 96.7 Å². The van der Waals surface area contributed by atoms with Crippen LogP contribution in [-0.4, -0.2) is 32.7 Å². The third kappa shape index (κ3) is 5.47. The van der Waals surface area contributed by atoms with Crippen molar-refractivity contribution in [1.29, 1.82) is 0 Å². The molecule has 0 amide bonds. The van der Waals surface area contributed by atoms with Crippen LogP contribution >= 0.6 is 8.03 Å². The molecule has 1 aromatic heterocycles. The minimum absolute atomic E-state index is 0.0929. The van der Waals surface area contributed by atoms with Gasteiger partial charge in [0, 0.05) is 17.0 Å². The Hall–Kier alpha value is -3.43. The fraction of sp³-hybridized carbons (Fsp3) is 0.259. The Bertz CT molecular complexity index is 1300. The average molecular weight is 492 g/mol. The normalized spacial score (nSPS) is 15.1. The summed E-state index contributed by atoms with van der Waals surface area (Å²) in [5.41, 5.74) is 2.84.